The Kier molecular flexibility index (Phi) is 2.97. The highest BCUT2D eigenvalue weighted by Gasteiger charge is 2.14. The van der Waals surface area contributed by atoms with Gasteiger partial charge in [0.25, 0.3) is 0 Å². The molecular formula is C19H15N3. The highest BCUT2D eigenvalue weighted by atomic mass is 15.1. The summed E-state index contributed by atoms with van der Waals surface area (Å²) in [6, 6.07) is 18.4. The van der Waals surface area contributed by atoms with Gasteiger partial charge in [-0.15, -0.1) is 6.58 Å². The zero-order valence-corrected chi connectivity index (χ0v) is 12.1. The van der Waals surface area contributed by atoms with Crippen molar-refractivity contribution < 1.29 is 0 Å². The van der Waals surface area contributed by atoms with Crippen LogP contribution < -0.4 is 0 Å². The smallest absolute Gasteiger partial charge is 0.143 e. The van der Waals surface area contributed by atoms with Gasteiger partial charge in [0.15, 0.2) is 0 Å². The minimum absolute atomic E-state index is 0.721. The largest absolute Gasteiger partial charge is 0.320 e. The second-order valence-electron chi connectivity index (χ2n) is 5.20. The Bertz CT molecular complexity index is 977. The van der Waals surface area contributed by atoms with E-state index in [1.54, 1.807) is 0 Å². The van der Waals surface area contributed by atoms with Gasteiger partial charge in [-0.05, 0) is 24.3 Å². The van der Waals surface area contributed by atoms with E-state index in [1.807, 2.05) is 36.5 Å². The first-order chi connectivity index (χ1) is 10.9. The fourth-order valence-electron chi connectivity index (χ4n) is 2.88. The minimum atomic E-state index is 0.721. The van der Waals surface area contributed by atoms with Gasteiger partial charge in [-0.25, -0.2) is 4.98 Å². The van der Waals surface area contributed by atoms with Crippen molar-refractivity contribution in [3.63, 3.8) is 0 Å². The molecule has 0 fully saturated rings. The molecule has 4 rings (SSSR count). The molecule has 3 heteroatoms. The van der Waals surface area contributed by atoms with Gasteiger partial charge in [0.1, 0.15) is 5.82 Å². The first kappa shape index (κ1) is 12.8. The van der Waals surface area contributed by atoms with Crippen molar-refractivity contribution in [2.24, 2.45) is 0 Å². The van der Waals surface area contributed by atoms with Crippen LogP contribution in [0.3, 0.4) is 0 Å². The van der Waals surface area contributed by atoms with Crippen LogP contribution >= 0.6 is 0 Å². The van der Waals surface area contributed by atoms with Crippen LogP contribution in [0, 0.1) is 0 Å². The summed E-state index contributed by atoms with van der Waals surface area (Å²) in [6.45, 7) is 4.60. The number of imidazole rings is 1. The van der Waals surface area contributed by atoms with Crippen LogP contribution in [0.5, 0.6) is 0 Å². The third-order valence-electron chi connectivity index (χ3n) is 3.84. The Balaban J connectivity index is 2.08. The average Bonchev–Trinajstić information content (AvgIpc) is 2.93. The first-order valence-electron chi connectivity index (χ1n) is 7.29. The van der Waals surface area contributed by atoms with Crippen molar-refractivity contribution in [1.29, 1.82) is 0 Å². The van der Waals surface area contributed by atoms with Gasteiger partial charge < -0.3 is 4.57 Å². The van der Waals surface area contributed by atoms with Crippen LogP contribution in [0.1, 0.15) is 0 Å². The van der Waals surface area contributed by atoms with E-state index in [-0.39, 0.29) is 0 Å². The maximum atomic E-state index is 4.83. The lowest BCUT2D eigenvalue weighted by atomic mass is 10.1. The molecule has 0 bridgehead atoms. The molecule has 4 aromatic rings. The monoisotopic (exact) mass is 285 g/mol. The van der Waals surface area contributed by atoms with E-state index in [0.717, 1.165) is 39.9 Å². The van der Waals surface area contributed by atoms with Crippen LogP contribution in [-0.2, 0) is 6.54 Å². The molecule has 0 aliphatic carbocycles. The van der Waals surface area contributed by atoms with Gasteiger partial charge in [0.05, 0.1) is 16.6 Å². The average molecular weight is 285 g/mol. The molecule has 106 valence electrons. The number of nitrogens with zero attached hydrogens (tertiary/aromatic N) is 3. The van der Waals surface area contributed by atoms with Gasteiger partial charge in [-0.3, -0.25) is 4.98 Å². The van der Waals surface area contributed by atoms with E-state index in [9.17, 15) is 0 Å². The summed E-state index contributed by atoms with van der Waals surface area (Å²) in [4.78, 5) is 9.38. The van der Waals surface area contributed by atoms with Crippen molar-refractivity contribution in [3.05, 3.63) is 73.4 Å². The summed E-state index contributed by atoms with van der Waals surface area (Å²) in [5.74, 6) is 0.936. The molecule has 0 unspecified atom stereocenters. The summed E-state index contributed by atoms with van der Waals surface area (Å²) in [7, 11) is 0. The van der Waals surface area contributed by atoms with E-state index in [1.165, 1.54) is 0 Å². The standard InChI is InChI=1S/C19H15N3/c1-2-13-22-17-11-4-3-10-16(17)21-19(22)15-9-5-7-14-8-6-12-20-18(14)15/h2-12H,1,13H2. The lowest BCUT2D eigenvalue weighted by Crippen LogP contribution is -1.99. The van der Waals surface area contributed by atoms with E-state index >= 15 is 0 Å². The van der Waals surface area contributed by atoms with Crippen LogP contribution in [-0.4, -0.2) is 14.5 Å². The SMILES string of the molecule is C=CCn1c(-c2cccc3cccnc23)nc2ccccc21. The molecule has 0 aliphatic heterocycles. The molecule has 22 heavy (non-hydrogen) atoms. The summed E-state index contributed by atoms with van der Waals surface area (Å²) in [6.07, 6.45) is 3.72. The third-order valence-corrected chi connectivity index (χ3v) is 3.84. The molecule has 0 aliphatic rings. The zero-order chi connectivity index (χ0) is 14.9. The Morgan fingerprint density at radius 1 is 1.00 bits per heavy atom. The lowest BCUT2D eigenvalue weighted by molar-refractivity contribution is 0.862. The molecular weight excluding hydrogens is 270 g/mol. The Morgan fingerprint density at radius 2 is 1.86 bits per heavy atom. The Labute approximate surface area is 128 Å². The van der Waals surface area contributed by atoms with Crippen LogP contribution in [0.15, 0.2) is 73.4 Å². The Hall–Kier alpha value is -2.94. The number of fused-ring (bicyclic) bond motifs is 2. The molecule has 0 atom stereocenters. The fraction of sp³-hybridized carbons (Fsp3) is 0.0526. The van der Waals surface area contributed by atoms with Crippen molar-refractivity contribution in [1.82, 2.24) is 14.5 Å². The predicted molar refractivity (Wildman–Crippen MR) is 90.7 cm³/mol. The van der Waals surface area contributed by atoms with Crippen LogP contribution in [0.25, 0.3) is 33.3 Å². The summed E-state index contributed by atoms with van der Waals surface area (Å²) < 4.78 is 2.19. The van der Waals surface area contributed by atoms with Crippen LogP contribution in [0.2, 0.25) is 0 Å². The highest BCUT2D eigenvalue weighted by molar-refractivity contribution is 5.94. The topological polar surface area (TPSA) is 30.7 Å². The van der Waals surface area contributed by atoms with E-state index in [2.05, 4.69) is 46.5 Å². The zero-order valence-electron chi connectivity index (χ0n) is 12.1. The number of rotatable bonds is 3. The molecule has 0 radical (unpaired) electrons. The summed E-state index contributed by atoms with van der Waals surface area (Å²) >= 11 is 0. The molecule has 0 amide bonds. The fourth-order valence-corrected chi connectivity index (χ4v) is 2.88. The lowest BCUT2D eigenvalue weighted by Gasteiger charge is -2.08. The predicted octanol–water partition coefficient (Wildman–Crippen LogP) is 4.44. The number of pyridine rings is 1. The van der Waals surface area contributed by atoms with Crippen molar-refractivity contribution in [2.75, 3.05) is 0 Å². The number of hydrogen-bond donors (Lipinski definition) is 0. The summed E-state index contributed by atoms with van der Waals surface area (Å²) in [5.41, 5.74) is 4.14. The molecule has 0 saturated carbocycles. The second-order valence-corrected chi connectivity index (χ2v) is 5.20. The number of hydrogen-bond acceptors (Lipinski definition) is 2. The Morgan fingerprint density at radius 3 is 2.77 bits per heavy atom. The van der Waals surface area contributed by atoms with E-state index < -0.39 is 0 Å². The molecule has 0 saturated heterocycles. The molecule has 0 N–H and O–H groups in total. The van der Waals surface area contributed by atoms with Crippen molar-refractivity contribution in [2.45, 2.75) is 6.54 Å². The normalized spacial score (nSPS) is 11.1. The van der Waals surface area contributed by atoms with Crippen molar-refractivity contribution >= 4 is 21.9 Å². The number of allylic oxidation sites excluding steroid dienone is 1. The third kappa shape index (κ3) is 1.91. The van der Waals surface area contributed by atoms with E-state index in [0.29, 0.717) is 0 Å². The quantitative estimate of drug-likeness (QED) is 0.521. The number of para-hydroxylation sites is 3. The van der Waals surface area contributed by atoms with Crippen LogP contribution in [0.4, 0.5) is 0 Å². The first-order valence-corrected chi connectivity index (χ1v) is 7.29. The molecule has 2 aromatic carbocycles. The molecule has 2 aromatic heterocycles. The number of benzene rings is 2. The second kappa shape index (κ2) is 5.11. The van der Waals surface area contributed by atoms with E-state index in [4.69, 9.17) is 4.98 Å². The van der Waals surface area contributed by atoms with Gasteiger partial charge in [-0.1, -0.05) is 36.4 Å². The molecule has 2 heterocycles. The van der Waals surface area contributed by atoms with Gasteiger partial charge in [0, 0.05) is 23.7 Å². The molecule has 0 spiro atoms. The van der Waals surface area contributed by atoms with Crippen molar-refractivity contribution in [3.8, 4) is 11.4 Å². The van der Waals surface area contributed by atoms with Gasteiger partial charge in [0.2, 0.25) is 0 Å². The maximum Gasteiger partial charge on any atom is 0.143 e. The van der Waals surface area contributed by atoms with Gasteiger partial charge >= 0.3 is 0 Å². The minimum Gasteiger partial charge on any atom is -0.320 e. The highest BCUT2D eigenvalue weighted by Crippen LogP contribution is 2.29. The maximum absolute atomic E-state index is 4.83. The van der Waals surface area contributed by atoms with Gasteiger partial charge in [-0.2, -0.15) is 0 Å². The number of aromatic nitrogens is 3. The molecule has 3 nitrogen and oxygen atoms in total. The summed E-state index contributed by atoms with van der Waals surface area (Å²) in [5, 5.41) is 1.12.